The molecule has 0 unspecified atom stereocenters. The predicted molar refractivity (Wildman–Crippen MR) is 82.8 cm³/mol. The minimum Gasteiger partial charge on any atom is -0.399 e. The molecule has 108 valence electrons. The second kappa shape index (κ2) is 4.94. The number of nitrogens with one attached hydrogen (secondary N) is 2. The highest BCUT2D eigenvalue weighted by Gasteiger charge is 2.20. The average Bonchev–Trinajstić information content (AvgIpc) is 2.85. The Balaban J connectivity index is 2.07. The molecule has 21 heavy (non-hydrogen) atoms. The highest BCUT2D eigenvalue weighted by Crippen LogP contribution is 2.27. The summed E-state index contributed by atoms with van der Waals surface area (Å²) in [4.78, 5) is 6.84. The first-order valence-corrected chi connectivity index (χ1v) is 7.83. The van der Waals surface area contributed by atoms with E-state index in [1.54, 1.807) is 30.3 Å². The van der Waals surface area contributed by atoms with Gasteiger partial charge in [-0.2, -0.15) is 0 Å². The van der Waals surface area contributed by atoms with E-state index in [2.05, 4.69) is 14.7 Å². The monoisotopic (exact) mass is 322 g/mol. The predicted octanol–water partition coefficient (Wildman–Crippen LogP) is 2.60. The molecule has 0 aliphatic heterocycles. The zero-order chi connectivity index (χ0) is 15.0. The Morgan fingerprint density at radius 3 is 2.86 bits per heavy atom. The average molecular weight is 323 g/mol. The molecule has 0 radical (unpaired) electrons. The van der Waals surface area contributed by atoms with Crippen LogP contribution in [0.15, 0.2) is 47.6 Å². The smallest absolute Gasteiger partial charge is 0.264 e. The van der Waals surface area contributed by atoms with Gasteiger partial charge >= 0.3 is 0 Å². The van der Waals surface area contributed by atoms with Gasteiger partial charge in [0.25, 0.3) is 10.0 Å². The molecule has 2 heterocycles. The van der Waals surface area contributed by atoms with Crippen molar-refractivity contribution in [3.63, 3.8) is 0 Å². The van der Waals surface area contributed by atoms with Gasteiger partial charge in [0.1, 0.15) is 4.90 Å². The van der Waals surface area contributed by atoms with E-state index < -0.39 is 10.0 Å². The molecule has 0 bridgehead atoms. The second-order valence-corrected chi connectivity index (χ2v) is 6.41. The summed E-state index contributed by atoms with van der Waals surface area (Å²) in [6, 6.07) is 8.11. The quantitative estimate of drug-likeness (QED) is 0.509. The summed E-state index contributed by atoms with van der Waals surface area (Å²) in [6.07, 6.45) is 2.89. The molecule has 2 aromatic heterocycles. The number of fused-ring (bicyclic) bond motifs is 1. The zero-order valence-electron chi connectivity index (χ0n) is 10.7. The molecule has 0 aliphatic carbocycles. The molecule has 3 aromatic rings. The molecule has 8 heteroatoms. The van der Waals surface area contributed by atoms with Crippen molar-refractivity contribution < 1.29 is 8.42 Å². The Morgan fingerprint density at radius 2 is 2.10 bits per heavy atom. The number of rotatable bonds is 3. The molecule has 0 aliphatic rings. The van der Waals surface area contributed by atoms with Crippen molar-refractivity contribution in [3.8, 4) is 0 Å². The molecular weight excluding hydrogens is 312 g/mol. The standard InChI is InChI=1S/C13H11ClN4O2S/c14-13-10(2-1-5-16-13)18-21(19,20)12-7-17-11-6-8(15)3-4-9(11)12/h1-7,17-18H,15H2. The Morgan fingerprint density at radius 1 is 1.29 bits per heavy atom. The molecule has 0 spiro atoms. The van der Waals surface area contributed by atoms with Crippen LogP contribution in [0.3, 0.4) is 0 Å². The number of hydrogen-bond donors (Lipinski definition) is 3. The van der Waals surface area contributed by atoms with Gasteiger partial charge in [-0.1, -0.05) is 11.6 Å². The molecular formula is C13H11ClN4O2S. The normalized spacial score (nSPS) is 11.7. The summed E-state index contributed by atoms with van der Waals surface area (Å²) in [7, 11) is -3.78. The lowest BCUT2D eigenvalue weighted by Gasteiger charge is -2.08. The molecule has 0 saturated heterocycles. The maximum Gasteiger partial charge on any atom is 0.264 e. The Labute approximate surface area is 126 Å². The summed E-state index contributed by atoms with van der Waals surface area (Å²) < 4.78 is 27.4. The number of hydrogen-bond acceptors (Lipinski definition) is 4. The maximum absolute atomic E-state index is 12.5. The topological polar surface area (TPSA) is 101 Å². The number of aromatic amines is 1. The number of aromatic nitrogens is 2. The third-order valence-electron chi connectivity index (χ3n) is 2.96. The fourth-order valence-corrected chi connectivity index (χ4v) is 3.47. The lowest BCUT2D eigenvalue weighted by molar-refractivity contribution is 0.602. The largest absolute Gasteiger partial charge is 0.399 e. The SMILES string of the molecule is Nc1ccc2c(S(=O)(=O)Nc3cccnc3Cl)c[nH]c2c1. The first-order chi connectivity index (χ1) is 9.97. The number of H-pyrrole nitrogens is 1. The van der Waals surface area contributed by atoms with E-state index in [4.69, 9.17) is 17.3 Å². The van der Waals surface area contributed by atoms with E-state index in [-0.39, 0.29) is 15.7 Å². The van der Waals surface area contributed by atoms with E-state index >= 15 is 0 Å². The van der Waals surface area contributed by atoms with Gasteiger partial charge in [-0.05, 0) is 30.3 Å². The number of nitrogens with zero attached hydrogens (tertiary/aromatic N) is 1. The van der Waals surface area contributed by atoms with E-state index in [9.17, 15) is 8.42 Å². The Kier molecular flexibility index (Phi) is 3.23. The number of nitrogens with two attached hydrogens (primary N) is 1. The van der Waals surface area contributed by atoms with Crippen LogP contribution < -0.4 is 10.5 Å². The molecule has 0 atom stereocenters. The van der Waals surface area contributed by atoms with Crippen molar-refractivity contribution in [2.45, 2.75) is 4.90 Å². The summed E-state index contributed by atoms with van der Waals surface area (Å²) in [5.74, 6) is 0. The van der Waals surface area contributed by atoms with Gasteiger partial charge in [-0.3, -0.25) is 4.72 Å². The third kappa shape index (κ3) is 2.53. The first-order valence-electron chi connectivity index (χ1n) is 5.97. The van der Waals surface area contributed by atoms with Crippen LogP contribution in [0, 0.1) is 0 Å². The number of nitrogen functional groups attached to an aromatic ring is 1. The number of anilines is 2. The molecule has 1 aromatic carbocycles. The van der Waals surface area contributed by atoms with Crippen LogP contribution in [0.5, 0.6) is 0 Å². The van der Waals surface area contributed by atoms with Crippen molar-refractivity contribution in [3.05, 3.63) is 47.9 Å². The van der Waals surface area contributed by atoms with Gasteiger partial charge in [-0.25, -0.2) is 13.4 Å². The summed E-state index contributed by atoms with van der Waals surface area (Å²) in [5, 5.41) is 0.641. The second-order valence-electron chi connectivity index (χ2n) is 4.41. The van der Waals surface area contributed by atoms with E-state index in [1.807, 2.05) is 0 Å². The maximum atomic E-state index is 12.5. The Bertz CT molecular complexity index is 921. The van der Waals surface area contributed by atoms with E-state index in [0.717, 1.165) is 0 Å². The number of sulfonamides is 1. The van der Waals surface area contributed by atoms with Crippen molar-refractivity contribution in [2.75, 3.05) is 10.5 Å². The highest BCUT2D eigenvalue weighted by atomic mass is 35.5. The molecule has 0 amide bonds. The van der Waals surface area contributed by atoms with Gasteiger partial charge in [0.05, 0.1) is 5.69 Å². The van der Waals surface area contributed by atoms with Gasteiger partial charge in [-0.15, -0.1) is 0 Å². The number of pyridine rings is 1. The molecule has 0 fully saturated rings. The molecule has 6 nitrogen and oxygen atoms in total. The van der Waals surface area contributed by atoms with Crippen molar-refractivity contribution >= 4 is 43.9 Å². The Hall–Kier alpha value is -2.25. The first kappa shape index (κ1) is 13.7. The number of benzene rings is 1. The lowest BCUT2D eigenvalue weighted by Crippen LogP contribution is -2.13. The minimum atomic E-state index is -3.78. The van der Waals surface area contributed by atoms with Crippen molar-refractivity contribution in [1.82, 2.24) is 9.97 Å². The van der Waals surface area contributed by atoms with Gasteiger partial charge in [0.15, 0.2) is 5.15 Å². The van der Waals surface area contributed by atoms with Crippen LogP contribution in [0.4, 0.5) is 11.4 Å². The summed E-state index contributed by atoms with van der Waals surface area (Å²) >= 11 is 5.87. The van der Waals surface area contributed by atoms with Gasteiger partial charge < -0.3 is 10.7 Å². The fraction of sp³-hybridized carbons (Fsp3) is 0. The van der Waals surface area contributed by atoms with Crippen LogP contribution in [0.2, 0.25) is 5.15 Å². The fourth-order valence-electron chi connectivity index (χ4n) is 2.00. The van der Waals surface area contributed by atoms with Crippen LogP contribution in [0.25, 0.3) is 10.9 Å². The van der Waals surface area contributed by atoms with Crippen molar-refractivity contribution in [2.24, 2.45) is 0 Å². The third-order valence-corrected chi connectivity index (χ3v) is 4.67. The van der Waals surface area contributed by atoms with Crippen LogP contribution in [-0.2, 0) is 10.0 Å². The summed E-state index contributed by atoms with van der Waals surface area (Å²) in [5.41, 5.74) is 7.10. The van der Waals surface area contributed by atoms with Gasteiger partial charge in [0.2, 0.25) is 0 Å². The number of halogens is 1. The van der Waals surface area contributed by atoms with E-state index in [1.165, 1.54) is 12.4 Å². The van der Waals surface area contributed by atoms with Crippen LogP contribution >= 0.6 is 11.6 Å². The van der Waals surface area contributed by atoms with Crippen LogP contribution in [0.1, 0.15) is 0 Å². The molecule has 3 rings (SSSR count). The van der Waals surface area contributed by atoms with Crippen molar-refractivity contribution in [1.29, 1.82) is 0 Å². The zero-order valence-corrected chi connectivity index (χ0v) is 12.2. The summed E-state index contributed by atoms with van der Waals surface area (Å²) in [6.45, 7) is 0. The lowest BCUT2D eigenvalue weighted by atomic mass is 10.2. The minimum absolute atomic E-state index is 0.0881. The van der Waals surface area contributed by atoms with E-state index in [0.29, 0.717) is 16.6 Å². The molecule has 0 saturated carbocycles. The van der Waals surface area contributed by atoms with Gasteiger partial charge in [0, 0.05) is 29.0 Å². The highest BCUT2D eigenvalue weighted by molar-refractivity contribution is 7.93. The molecule has 4 N–H and O–H groups in total. The van der Waals surface area contributed by atoms with Crippen LogP contribution in [-0.4, -0.2) is 18.4 Å².